The van der Waals surface area contributed by atoms with E-state index in [-0.39, 0.29) is 23.5 Å². The highest BCUT2D eigenvalue weighted by molar-refractivity contribution is 5.88. The number of carboxylic acid groups (broad SMARTS) is 1. The van der Waals surface area contributed by atoms with E-state index in [1.165, 1.54) is 12.3 Å². The number of carbonyl (C=O) groups is 1. The number of hydrogen-bond acceptors (Lipinski definition) is 4. The average Bonchev–Trinajstić information content (AvgIpc) is 2.39. The van der Waals surface area contributed by atoms with E-state index < -0.39 is 11.8 Å². The molecule has 1 N–H and O–H groups in total. The van der Waals surface area contributed by atoms with Crippen molar-refractivity contribution < 1.29 is 19.0 Å². The van der Waals surface area contributed by atoms with Crippen LogP contribution in [0.5, 0.6) is 0 Å². The number of anilines is 1. The molecule has 1 aliphatic heterocycles. The third-order valence-electron chi connectivity index (χ3n) is 3.53. The Morgan fingerprint density at radius 3 is 2.95 bits per heavy atom. The predicted molar refractivity (Wildman–Crippen MR) is 68.0 cm³/mol. The highest BCUT2D eigenvalue weighted by atomic mass is 19.1. The second-order valence-corrected chi connectivity index (χ2v) is 4.73. The van der Waals surface area contributed by atoms with Crippen molar-refractivity contribution in [3.8, 4) is 0 Å². The first kappa shape index (κ1) is 13.7. The van der Waals surface area contributed by atoms with E-state index in [9.17, 15) is 9.18 Å². The summed E-state index contributed by atoms with van der Waals surface area (Å²) in [6.45, 7) is 2.56. The number of pyridine rings is 1. The van der Waals surface area contributed by atoms with Gasteiger partial charge in [-0.2, -0.15) is 0 Å². The largest absolute Gasteiger partial charge is 0.478 e. The number of aromatic carboxylic acids is 1. The predicted octanol–water partition coefficient (Wildman–Crippen LogP) is 1.92. The average molecular weight is 268 g/mol. The molecule has 2 rings (SSSR count). The smallest absolute Gasteiger partial charge is 0.338 e. The first-order chi connectivity index (χ1) is 9.04. The van der Waals surface area contributed by atoms with Crippen LogP contribution >= 0.6 is 0 Å². The zero-order valence-corrected chi connectivity index (χ0v) is 11.0. The van der Waals surface area contributed by atoms with Gasteiger partial charge in [0.1, 0.15) is 5.56 Å². The summed E-state index contributed by atoms with van der Waals surface area (Å²) < 4.78 is 19.4. The summed E-state index contributed by atoms with van der Waals surface area (Å²) in [6.07, 6.45) is 3.04. The van der Waals surface area contributed by atoms with Crippen LogP contribution in [0.2, 0.25) is 0 Å². The molecule has 6 heteroatoms. The molecule has 2 heterocycles. The summed E-state index contributed by atoms with van der Waals surface area (Å²) >= 11 is 0. The summed E-state index contributed by atoms with van der Waals surface area (Å²) in [7, 11) is 1.66. The molecule has 1 aromatic heterocycles. The molecule has 0 amide bonds. The van der Waals surface area contributed by atoms with Crippen molar-refractivity contribution in [1.29, 1.82) is 0 Å². The number of hydrogen-bond donors (Lipinski definition) is 1. The molecule has 0 spiro atoms. The van der Waals surface area contributed by atoms with Crippen LogP contribution in [-0.4, -0.2) is 41.9 Å². The summed E-state index contributed by atoms with van der Waals surface area (Å²) in [4.78, 5) is 16.7. The molecule has 1 aliphatic rings. The molecule has 2 unspecified atom stereocenters. The topological polar surface area (TPSA) is 62.7 Å². The number of methoxy groups -OCH3 is 1. The normalized spacial score (nSPS) is 23.4. The summed E-state index contributed by atoms with van der Waals surface area (Å²) in [5.41, 5.74) is -0.342. The Balaban J connectivity index is 2.27. The molecule has 2 atom stereocenters. The standard InChI is InChI=1S/C13H17FN2O3/c1-8-7-9(19-2)4-6-16(8)12-11(14)10(13(17)18)3-5-15-12/h3,5,8-9H,4,6-7H2,1-2H3,(H,17,18). The first-order valence-electron chi connectivity index (χ1n) is 6.21. The fraction of sp³-hybridized carbons (Fsp3) is 0.538. The minimum Gasteiger partial charge on any atom is -0.478 e. The molecule has 0 aromatic carbocycles. The Bertz CT molecular complexity index is 481. The van der Waals surface area contributed by atoms with Gasteiger partial charge >= 0.3 is 5.97 Å². The van der Waals surface area contributed by atoms with Crippen molar-refractivity contribution in [2.45, 2.75) is 31.9 Å². The zero-order chi connectivity index (χ0) is 14.0. The monoisotopic (exact) mass is 268 g/mol. The third kappa shape index (κ3) is 2.68. The van der Waals surface area contributed by atoms with E-state index in [4.69, 9.17) is 9.84 Å². The van der Waals surface area contributed by atoms with E-state index in [0.29, 0.717) is 6.54 Å². The molecule has 104 valence electrons. The molecule has 1 aromatic rings. The van der Waals surface area contributed by atoms with Gasteiger partial charge in [0.25, 0.3) is 0 Å². The Labute approximate surface area is 111 Å². The van der Waals surface area contributed by atoms with Gasteiger partial charge < -0.3 is 14.7 Å². The van der Waals surface area contributed by atoms with E-state index in [2.05, 4.69) is 4.98 Å². The van der Waals surface area contributed by atoms with Gasteiger partial charge in [0.2, 0.25) is 0 Å². The summed E-state index contributed by atoms with van der Waals surface area (Å²) in [6, 6.07) is 1.23. The molecule has 0 radical (unpaired) electrons. The van der Waals surface area contributed by atoms with Crippen molar-refractivity contribution in [2.75, 3.05) is 18.6 Å². The van der Waals surface area contributed by atoms with Gasteiger partial charge in [-0.05, 0) is 25.8 Å². The Hall–Kier alpha value is -1.69. The lowest BCUT2D eigenvalue weighted by atomic mass is 10.0. The molecule has 5 nitrogen and oxygen atoms in total. The van der Waals surface area contributed by atoms with Gasteiger partial charge in [0, 0.05) is 25.9 Å². The molecule has 1 fully saturated rings. The van der Waals surface area contributed by atoms with Crippen molar-refractivity contribution in [3.05, 3.63) is 23.6 Å². The molecule has 0 saturated carbocycles. The fourth-order valence-electron chi connectivity index (χ4n) is 2.46. The maximum absolute atomic E-state index is 14.1. The Morgan fingerprint density at radius 2 is 2.37 bits per heavy atom. The van der Waals surface area contributed by atoms with Gasteiger partial charge in [-0.3, -0.25) is 0 Å². The van der Waals surface area contributed by atoms with Crippen LogP contribution in [0.4, 0.5) is 10.2 Å². The van der Waals surface area contributed by atoms with Crippen LogP contribution in [0.15, 0.2) is 12.3 Å². The molecule has 1 saturated heterocycles. The molecule has 0 aliphatic carbocycles. The Morgan fingerprint density at radius 1 is 1.63 bits per heavy atom. The van der Waals surface area contributed by atoms with Crippen LogP contribution < -0.4 is 4.90 Å². The second kappa shape index (κ2) is 5.52. The SMILES string of the molecule is COC1CCN(c2nccc(C(=O)O)c2F)C(C)C1. The Kier molecular flexibility index (Phi) is 3.99. The van der Waals surface area contributed by atoms with Crippen molar-refractivity contribution in [3.63, 3.8) is 0 Å². The van der Waals surface area contributed by atoms with Crippen molar-refractivity contribution in [2.24, 2.45) is 0 Å². The number of nitrogens with zero attached hydrogens (tertiary/aromatic N) is 2. The van der Waals surface area contributed by atoms with Crippen LogP contribution in [0.1, 0.15) is 30.1 Å². The van der Waals surface area contributed by atoms with E-state index in [1.807, 2.05) is 6.92 Å². The van der Waals surface area contributed by atoms with E-state index in [1.54, 1.807) is 12.0 Å². The lowest BCUT2D eigenvalue weighted by Crippen LogP contribution is -2.44. The number of piperidine rings is 1. The number of aromatic nitrogens is 1. The minimum absolute atomic E-state index is 0.0599. The van der Waals surface area contributed by atoms with Gasteiger partial charge in [-0.15, -0.1) is 0 Å². The number of halogens is 1. The number of ether oxygens (including phenoxy) is 1. The van der Waals surface area contributed by atoms with Crippen molar-refractivity contribution in [1.82, 2.24) is 4.98 Å². The number of carboxylic acids is 1. The molecule has 0 bridgehead atoms. The van der Waals surface area contributed by atoms with Crippen LogP contribution in [0, 0.1) is 5.82 Å². The van der Waals surface area contributed by atoms with E-state index in [0.717, 1.165) is 12.8 Å². The maximum atomic E-state index is 14.1. The van der Waals surface area contributed by atoms with Crippen LogP contribution in [0.3, 0.4) is 0 Å². The van der Waals surface area contributed by atoms with Crippen LogP contribution in [-0.2, 0) is 4.74 Å². The highest BCUT2D eigenvalue weighted by Crippen LogP contribution is 2.27. The van der Waals surface area contributed by atoms with Gasteiger partial charge in [0.05, 0.1) is 6.10 Å². The van der Waals surface area contributed by atoms with E-state index >= 15 is 0 Å². The fourth-order valence-corrected chi connectivity index (χ4v) is 2.46. The summed E-state index contributed by atoms with van der Waals surface area (Å²) in [5.74, 6) is -1.93. The third-order valence-corrected chi connectivity index (χ3v) is 3.53. The highest BCUT2D eigenvalue weighted by Gasteiger charge is 2.29. The van der Waals surface area contributed by atoms with Gasteiger partial charge in [-0.1, -0.05) is 0 Å². The molecule has 19 heavy (non-hydrogen) atoms. The zero-order valence-electron chi connectivity index (χ0n) is 11.0. The second-order valence-electron chi connectivity index (χ2n) is 4.73. The van der Waals surface area contributed by atoms with Gasteiger partial charge in [-0.25, -0.2) is 14.2 Å². The lowest BCUT2D eigenvalue weighted by molar-refractivity contribution is 0.0687. The first-order valence-corrected chi connectivity index (χ1v) is 6.21. The minimum atomic E-state index is -1.28. The maximum Gasteiger partial charge on any atom is 0.338 e. The van der Waals surface area contributed by atoms with Crippen LogP contribution in [0.25, 0.3) is 0 Å². The van der Waals surface area contributed by atoms with Gasteiger partial charge in [0.15, 0.2) is 11.6 Å². The van der Waals surface area contributed by atoms with Crippen molar-refractivity contribution >= 4 is 11.8 Å². The number of rotatable bonds is 3. The summed E-state index contributed by atoms with van der Waals surface area (Å²) in [5, 5.41) is 8.93. The molecular formula is C13H17FN2O3. The molecular weight excluding hydrogens is 251 g/mol. The quantitative estimate of drug-likeness (QED) is 0.907. The lowest BCUT2D eigenvalue weighted by Gasteiger charge is -2.38.